The van der Waals surface area contributed by atoms with E-state index in [0.29, 0.717) is 36.9 Å². The SMILES string of the molecule is OC(CCC1C(O)CC2C1CC21OCCO1)C1CCCCC1. The van der Waals surface area contributed by atoms with Gasteiger partial charge in [0.05, 0.1) is 25.4 Å². The van der Waals surface area contributed by atoms with E-state index in [9.17, 15) is 10.2 Å². The lowest BCUT2D eigenvalue weighted by Crippen LogP contribution is -2.54. The molecule has 5 atom stereocenters. The summed E-state index contributed by atoms with van der Waals surface area (Å²) in [6, 6.07) is 0. The summed E-state index contributed by atoms with van der Waals surface area (Å²) in [6.07, 6.45) is 9.41. The summed E-state index contributed by atoms with van der Waals surface area (Å²) in [4.78, 5) is 0. The van der Waals surface area contributed by atoms with Crippen molar-refractivity contribution in [3.05, 3.63) is 0 Å². The van der Waals surface area contributed by atoms with Gasteiger partial charge in [0.1, 0.15) is 0 Å². The molecule has 4 fully saturated rings. The second kappa shape index (κ2) is 6.04. The van der Waals surface area contributed by atoms with Gasteiger partial charge >= 0.3 is 0 Å². The third-order valence-electron chi connectivity index (χ3n) is 6.91. The van der Waals surface area contributed by atoms with E-state index >= 15 is 0 Å². The summed E-state index contributed by atoms with van der Waals surface area (Å²) in [5.74, 6) is 1.38. The van der Waals surface area contributed by atoms with E-state index in [1.807, 2.05) is 0 Å². The number of rotatable bonds is 4. The lowest BCUT2D eigenvalue weighted by atomic mass is 9.66. The minimum absolute atomic E-state index is 0.167. The first kappa shape index (κ1) is 15.4. The highest BCUT2D eigenvalue weighted by Crippen LogP contribution is 2.60. The molecule has 1 heterocycles. The number of hydrogen-bond donors (Lipinski definition) is 2. The van der Waals surface area contributed by atoms with Crippen LogP contribution in [-0.4, -0.2) is 41.4 Å². The minimum atomic E-state index is -0.359. The molecular weight excluding hydrogens is 280 g/mol. The fourth-order valence-corrected chi connectivity index (χ4v) is 5.64. The van der Waals surface area contributed by atoms with E-state index in [-0.39, 0.29) is 18.0 Å². The van der Waals surface area contributed by atoms with Crippen LogP contribution in [-0.2, 0) is 9.47 Å². The van der Waals surface area contributed by atoms with Crippen LogP contribution in [0, 0.1) is 23.7 Å². The lowest BCUT2D eigenvalue weighted by Gasteiger charge is -2.49. The molecule has 0 amide bonds. The molecule has 2 N–H and O–H groups in total. The Labute approximate surface area is 133 Å². The molecule has 126 valence electrons. The summed E-state index contributed by atoms with van der Waals surface area (Å²) in [6.45, 7) is 1.40. The van der Waals surface area contributed by atoms with Crippen molar-refractivity contribution in [3.63, 3.8) is 0 Å². The highest BCUT2D eigenvalue weighted by molar-refractivity contribution is 5.08. The first-order valence-electron chi connectivity index (χ1n) is 9.34. The zero-order valence-corrected chi connectivity index (χ0v) is 13.5. The van der Waals surface area contributed by atoms with Crippen molar-refractivity contribution in [1.29, 1.82) is 0 Å². The molecule has 1 spiro atoms. The van der Waals surface area contributed by atoms with Gasteiger partial charge in [0.25, 0.3) is 0 Å². The first-order chi connectivity index (χ1) is 10.7. The van der Waals surface area contributed by atoms with E-state index in [1.54, 1.807) is 0 Å². The van der Waals surface area contributed by atoms with Crippen LogP contribution >= 0.6 is 0 Å². The Balaban J connectivity index is 1.30. The smallest absolute Gasteiger partial charge is 0.171 e. The van der Waals surface area contributed by atoms with E-state index in [0.717, 1.165) is 25.7 Å². The van der Waals surface area contributed by atoms with E-state index < -0.39 is 0 Å². The number of fused-ring (bicyclic) bond motifs is 2. The van der Waals surface area contributed by atoms with Crippen LogP contribution in [0.25, 0.3) is 0 Å². The normalized spacial score (nSPS) is 42.3. The highest BCUT2D eigenvalue weighted by Gasteiger charge is 2.64. The Kier molecular flexibility index (Phi) is 4.22. The first-order valence-corrected chi connectivity index (χ1v) is 9.34. The number of aliphatic hydroxyl groups excluding tert-OH is 2. The molecule has 1 aliphatic heterocycles. The van der Waals surface area contributed by atoms with Crippen molar-refractivity contribution < 1.29 is 19.7 Å². The lowest BCUT2D eigenvalue weighted by molar-refractivity contribution is -0.272. The monoisotopic (exact) mass is 310 g/mol. The molecular formula is C18H30O4. The molecule has 4 heteroatoms. The molecule has 0 aromatic rings. The predicted octanol–water partition coefficient (Wildman–Crippen LogP) is 2.47. The maximum atomic E-state index is 10.5. The van der Waals surface area contributed by atoms with Crippen LogP contribution in [0.5, 0.6) is 0 Å². The topological polar surface area (TPSA) is 58.9 Å². The number of hydrogen-bond acceptors (Lipinski definition) is 4. The zero-order chi connectivity index (χ0) is 15.2. The molecule has 1 saturated heterocycles. The second-order valence-electron chi connectivity index (χ2n) is 7.99. The quantitative estimate of drug-likeness (QED) is 0.837. The van der Waals surface area contributed by atoms with Gasteiger partial charge in [0, 0.05) is 12.3 Å². The number of ether oxygens (including phenoxy) is 2. The molecule has 5 unspecified atom stereocenters. The Morgan fingerprint density at radius 3 is 2.55 bits per heavy atom. The van der Waals surface area contributed by atoms with Gasteiger partial charge < -0.3 is 19.7 Å². The van der Waals surface area contributed by atoms with Gasteiger partial charge in [-0.3, -0.25) is 0 Å². The highest BCUT2D eigenvalue weighted by atomic mass is 16.7. The van der Waals surface area contributed by atoms with Gasteiger partial charge in [-0.1, -0.05) is 19.3 Å². The van der Waals surface area contributed by atoms with Crippen molar-refractivity contribution in [2.45, 2.75) is 75.8 Å². The standard InChI is InChI=1S/C18H30O4/c19-16(12-4-2-1-3-5-12)7-6-13-14-11-18(21-8-9-22-18)15(14)10-17(13)20/h12-17,19-20H,1-11H2. The van der Waals surface area contributed by atoms with Crippen LogP contribution in [0.1, 0.15) is 57.8 Å². The fraction of sp³-hybridized carbons (Fsp3) is 1.00. The molecule has 22 heavy (non-hydrogen) atoms. The Morgan fingerprint density at radius 1 is 1.09 bits per heavy atom. The van der Waals surface area contributed by atoms with Crippen molar-refractivity contribution in [3.8, 4) is 0 Å². The molecule has 0 radical (unpaired) electrons. The zero-order valence-electron chi connectivity index (χ0n) is 13.5. The van der Waals surface area contributed by atoms with Crippen molar-refractivity contribution in [2.75, 3.05) is 13.2 Å². The van der Waals surface area contributed by atoms with Gasteiger partial charge in [-0.25, -0.2) is 0 Å². The van der Waals surface area contributed by atoms with Gasteiger partial charge in [-0.15, -0.1) is 0 Å². The molecule has 0 aromatic heterocycles. The third kappa shape index (κ3) is 2.52. The summed E-state index contributed by atoms with van der Waals surface area (Å²) in [5.41, 5.74) is 0. The Morgan fingerprint density at radius 2 is 1.82 bits per heavy atom. The third-order valence-corrected chi connectivity index (χ3v) is 6.91. The Bertz CT molecular complexity index is 387. The maximum absolute atomic E-state index is 10.5. The summed E-state index contributed by atoms with van der Waals surface area (Å²) < 4.78 is 11.7. The van der Waals surface area contributed by atoms with E-state index in [2.05, 4.69) is 0 Å². The van der Waals surface area contributed by atoms with Gasteiger partial charge in [0.2, 0.25) is 0 Å². The summed E-state index contributed by atoms with van der Waals surface area (Å²) in [7, 11) is 0. The van der Waals surface area contributed by atoms with Gasteiger partial charge in [-0.2, -0.15) is 0 Å². The average molecular weight is 310 g/mol. The van der Waals surface area contributed by atoms with Gasteiger partial charge in [0.15, 0.2) is 5.79 Å². The molecule has 4 rings (SSSR count). The van der Waals surface area contributed by atoms with E-state index in [4.69, 9.17) is 9.47 Å². The average Bonchev–Trinajstić information content (AvgIpc) is 3.12. The van der Waals surface area contributed by atoms with Crippen molar-refractivity contribution >= 4 is 0 Å². The maximum Gasteiger partial charge on any atom is 0.171 e. The van der Waals surface area contributed by atoms with Crippen molar-refractivity contribution in [2.24, 2.45) is 23.7 Å². The molecule has 0 bridgehead atoms. The van der Waals surface area contributed by atoms with Crippen molar-refractivity contribution in [1.82, 2.24) is 0 Å². The molecule has 0 aromatic carbocycles. The molecule has 4 nitrogen and oxygen atoms in total. The van der Waals surface area contributed by atoms with Crippen LogP contribution in [0.3, 0.4) is 0 Å². The summed E-state index contributed by atoms with van der Waals surface area (Å²) >= 11 is 0. The largest absolute Gasteiger partial charge is 0.393 e. The molecule has 4 aliphatic rings. The molecule has 3 saturated carbocycles. The van der Waals surface area contributed by atoms with Gasteiger partial charge in [-0.05, 0) is 49.9 Å². The fourth-order valence-electron chi connectivity index (χ4n) is 5.64. The number of aliphatic hydroxyl groups is 2. The predicted molar refractivity (Wildman–Crippen MR) is 82.2 cm³/mol. The second-order valence-corrected chi connectivity index (χ2v) is 7.99. The van der Waals surface area contributed by atoms with E-state index in [1.165, 1.54) is 32.1 Å². The van der Waals surface area contributed by atoms with Crippen LogP contribution in [0.2, 0.25) is 0 Å². The summed E-state index contributed by atoms with van der Waals surface area (Å²) in [5, 5.41) is 20.9. The minimum Gasteiger partial charge on any atom is -0.393 e. The molecule has 3 aliphatic carbocycles. The Hall–Kier alpha value is -0.160. The van der Waals surface area contributed by atoms with Crippen LogP contribution in [0.15, 0.2) is 0 Å². The van der Waals surface area contributed by atoms with Crippen LogP contribution in [0.4, 0.5) is 0 Å². The van der Waals surface area contributed by atoms with Crippen LogP contribution < -0.4 is 0 Å².